The molecule has 1 N–H and O–H groups in total. The smallest absolute Gasteiger partial charge is 0.317 e. The van der Waals surface area contributed by atoms with Crippen LogP contribution in [0, 0.1) is 0 Å². The third kappa shape index (κ3) is 4.65. The van der Waals surface area contributed by atoms with E-state index in [4.69, 9.17) is 19.3 Å². The summed E-state index contributed by atoms with van der Waals surface area (Å²) in [6.07, 6.45) is 5.79. The zero-order chi connectivity index (χ0) is 13.7. The van der Waals surface area contributed by atoms with Gasteiger partial charge in [-0.15, -0.1) is 0 Å². The SMILES string of the molecule is O=C(O)CC(=O)O[C@H]1C=C[C@@H](OC2CCCCO2)C1. The van der Waals surface area contributed by atoms with Crippen molar-refractivity contribution in [2.75, 3.05) is 6.61 Å². The van der Waals surface area contributed by atoms with Crippen LogP contribution in [0.5, 0.6) is 0 Å². The molecule has 6 heteroatoms. The fourth-order valence-electron chi connectivity index (χ4n) is 2.17. The number of ether oxygens (including phenoxy) is 3. The number of esters is 1. The standard InChI is InChI=1S/C13H18O6/c14-11(15)8-12(16)18-9-4-5-10(7-9)19-13-3-1-2-6-17-13/h4-5,9-10,13H,1-3,6-8H2,(H,14,15)/t9-,10+,13?/m0/s1. The van der Waals surface area contributed by atoms with E-state index in [1.165, 1.54) is 0 Å². The van der Waals surface area contributed by atoms with Gasteiger partial charge in [-0.25, -0.2) is 0 Å². The topological polar surface area (TPSA) is 82.1 Å². The van der Waals surface area contributed by atoms with Gasteiger partial charge in [0.05, 0.1) is 6.10 Å². The summed E-state index contributed by atoms with van der Waals surface area (Å²) in [6, 6.07) is 0. The van der Waals surface area contributed by atoms with Crippen molar-refractivity contribution in [2.24, 2.45) is 0 Å². The summed E-state index contributed by atoms with van der Waals surface area (Å²) in [6.45, 7) is 0.720. The lowest BCUT2D eigenvalue weighted by Crippen LogP contribution is -2.27. The Morgan fingerprint density at radius 1 is 1.26 bits per heavy atom. The molecule has 1 aliphatic heterocycles. The van der Waals surface area contributed by atoms with E-state index in [1.807, 2.05) is 6.08 Å². The van der Waals surface area contributed by atoms with Crippen LogP contribution in [0.25, 0.3) is 0 Å². The van der Waals surface area contributed by atoms with E-state index in [9.17, 15) is 9.59 Å². The minimum atomic E-state index is -1.18. The molecule has 2 rings (SSSR count). The molecule has 0 aromatic heterocycles. The molecule has 1 aliphatic carbocycles. The van der Waals surface area contributed by atoms with E-state index in [2.05, 4.69) is 0 Å². The first-order chi connectivity index (χ1) is 9.13. The predicted molar refractivity (Wildman–Crippen MR) is 64.4 cm³/mol. The Balaban J connectivity index is 1.69. The number of aliphatic carboxylic acids is 1. The molecule has 1 saturated heterocycles. The van der Waals surface area contributed by atoms with E-state index in [0.29, 0.717) is 6.42 Å². The van der Waals surface area contributed by atoms with Crippen molar-refractivity contribution in [2.45, 2.75) is 50.6 Å². The zero-order valence-corrected chi connectivity index (χ0v) is 10.6. The van der Waals surface area contributed by atoms with Gasteiger partial charge in [0.2, 0.25) is 0 Å². The highest BCUT2D eigenvalue weighted by Gasteiger charge is 2.26. The summed E-state index contributed by atoms with van der Waals surface area (Å²) in [5.74, 6) is -1.91. The van der Waals surface area contributed by atoms with Crippen LogP contribution in [0.4, 0.5) is 0 Å². The number of hydrogen-bond acceptors (Lipinski definition) is 5. The summed E-state index contributed by atoms with van der Waals surface area (Å²) < 4.78 is 16.2. The number of rotatable bonds is 5. The summed E-state index contributed by atoms with van der Waals surface area (Å²) in [7, 11) is 0. The van der Waals surface area contributed by atoms with Gasteiger partial charge < -0.3 is 19.3 Å². The molecule has 1 fully saturated rings. The highest BCUT2D eigenvalue weighted by molar-refractivity contribution is 5.90. The minimum absolute atomic E-state index is 0.134. The predicted octanol–water partition coefficient (Wildman–Crippen LogP) is 1.24. The third-order valence-corrected chi connectivity index (χ3v) is 3.05. The Hall–Kier alpha value is -1.40. The van der Waals surface area contributed by atoms with Crippen molar-refractivity contribution < 1.29 is 28.9 Å². The second-order valence-electron chi connectivity index (χ2n) is 4.69. The Morgan fingerprint density at radius 2 is 2.05 bits per heavy atom. The zero-order valence-electron chi connectivity index (χ0n) is 10.6. The first-order valence-corrected chi connectivity index (χ1v) is 6.50. The van der Waals surface area contributed by atoms with Crippen LogP contribution in [0.15, 0.2) is 12.2 Å². The lowest BCUT2D eigenvalue weighted by molar-refractivity contribution is -0.181. The number of carboxylic acids is 1. The molecule has 0 amide bonds. The van der Waals surface area contributed by atoms with Crippen LogP contribution in [-0.2, 0) is 23.8 Å². The summed E-state index contributed by atoms with van der Waals surface area (Å²) in [4.78, 5) is 21.6. The van der Waals surface area contributed by atoms with Gasteiger partial charge in [0.15, 0.2) is 6.29 Å². The van der Waals surface area contributed by atoms with Crippen molar-refractivity contribution in [1.29, 1.82) is 0 Å². The lowest BCUT2D eigenvalue weighted by atomic mass is 10.2. The maximum Gasteiger partial charge on any atom is 0.317 e. The normalized spacial score (nSPS) is 30.2. The number of carbonyl (C=O) groups excluding carboxylic acids is 1. The number of carboxylic acid groups (broad SMARTS) is 1. The Labute approximate surface area is 111 Å². The van der Waals surface area contributed by atoms with E-state index in [0.717, 1.165) is 25.9 Å². The molecule has 1 unspecified atom stereocenters. The molecule has 6 nitrogen and oxygen atoms in total. The average molecular weight is 270 g/mol. The Morgan fingerprint density at radius 3 is 2.74 bits per heavy atom. The van der Waals surface area contributed by atoms with Crippen LogP contribution in [-0.4, -0.2) is 42.1 Å². The molecular formula is C13H18O6. The van der Waals surface area contributed by atoms with Crippen LogP contribution in [0.3, 0.4) is 0 Å². The first-order valence-electron chi connectivity index (χ1n) is 6.50. The van der Waals surface area contributed by atoms with Gasteiger partial charge in [0, 0.05) is 13.0 Å². The fourth-order valence-corrected chi connectivity index (χ4v) is 2.17. The van der Waals surface area contributed by atoms with Crippen molar-refractivity contribution in [1.82, 2.24) is 0 Å². The lowest BCUT2D eigenvalue weighted by Gasteiger charge is -2.25. The molecule has 3 atom stereocenters. The van der Waals surface area contributed by atoms with Gasteiger partial charge in [0.1, 0.15) is 12.5 Å². The monoisotopic (exact) mass is 270 g/mol. The third-order valence-electron chi connectivity index (χ3n) is 3.05. The fraction of sp³-hybridized carbons (Fsp3) is 0.692. The average Bonchev–Trinajstić information content (AvgIpc) is 2.76. The molecule has 0 aromatic carbocycles. The first kappa shape index (κ1) is 14.0. The van der Waals surface area contributed by atoms with Gasteiger partial charge in [-0.2, -0.15) is 0 Å². The highest BCUT2D eigenvalue weighted by Crippen LogP contribution is 2.22. The van der Waals surface area contributed by atoms with E-state index >= 15 is 0 Å². The summed E-state index contributed by atoms with van der Waals surface area (Å²) in [5.41, 5.74) is 0. The molecule has 106 valence electrons. The van der Waals surface area contributed by atoms with Gasteiger partial charge in [-0.05, 0) is 25.3 Å². The van der Waals surface area contributed by atoms with Crippen molar-refractivity contribution in [3.63, 3.8) is 0 Å². The van der Waals surface area contributed by atoms with E-state index in [-0.39, 0.29) is 12.4 Å². The molecule has 0 spiro atoms. The molecule has 0 saturated carbocycles. The number of hydrogen-bond donors (Lipinski definition) is 1. The molecule has 1 heterocycles. The quantitative estimate of drug-likeness (QED) is 0.460. The highest BCUT2D eigenvalue weighted by atomic mass is 16.7. The molecule has 0 bridgehead atoms. The maximum absolute atomic E-state index is 11.2. The largest absolute Gasteiger partial charge is 0.481 e. The maximum atomic E-state index is 11.2. The number of carbonyl (C=O) groups is 2. The molecular weight excluding hydrogens is 252 g/mol. The second-order valence-corrected chi connectivity index (χ2v) is 4.69. The van der Waals surface area contributed by atoms with Gasteiger partial charge in [-0.3, -0.25) is 9.59 Å². The van der Waals surface area contributed by atoms with E-state index < -0.39 is 24.5 Å². The van der Waals surface area contributed by atoms with Crippen molar-refractivity contribution in [3.05, 3.63) is 12.2 Å². The van der Waals surface area contributed by atoms with Crippen LogP contribution >= 0.6 is 0 Å². The molecule has 0 radical (unpaired) electrons. The van der Waals surface area contributed by atoms with Gasteiger partial charge in [0.25, 0.3) is 0 Å². The van der Waals surface area contributed by atoms with Crippen LogP contribution in [0.1, 0.15) is 32.1 Å². The van der Waals surface area contributed by atoms with Crippen LogP contribution in [0.2, 0.25) is 0 Å². The minimum Gasteiger partial charge on any atom is -0.481 e. The molecule has 2 aliphatic rings. The Kier molecular flexibility index (Phi) is 4.93. The van der Waals surface area contributed by atoms with Crippen LogP contribution < -0.4 is 0 Å². The second kappa shape index (κ2) is 6.68. The van der Waals surface area contributed by atoms with Gasteiger partial charge >= 0.3 is 11.9 Å². The Bertz CT molecular complexity index is 358. The van der Waals surface area contributed by atoms with E-state index in [1.54, 1.807) is 6.08 Å². The summed E-state index contributed by atoms with van der Waals surface area (Å²) in [5, 5.41) is 8.47. The van der Waals surface area contributed by atoms with Crippen molar-refractivity contribution >= 4 is 11.9 Å². The van der Waals surface area contributed by atoms with Crippen molar-refractivity contribution in [3.8, 4) is 0 Å². The molecule has 0 aromatic rings. The van der Waals surface area contributed by atoms with Gasteiger partial charge in [-0.1, -0.05) is 6.08 Å². The summed E-state index contributed by atoms with van der Waals surface area (Å²) >= 11 is 0. The molecule has 19 heavy (non-hydrogen) atoms.